The Kier molecular flexibility index (Phi) is 4.53. The van der Waals surface area contributed by atoms with Gasteiger partial charge in [-0.15, -0.1) is 0 Å². The number of nitrogens with two attached hydrogens (primary N) is 1. The van der Waals surface area contributed by atoms with Gasteiger partial charge in [0.15, 0.2) is 0 Å². The Morgan fingerprint density at radius 2 is 1.88 bits per heavy atom. The molecule has 0 aromatic heterocycles. The van der Waals surface area contributed by atoms with Crippen LogP contribution in [-0.4, -0.2) is 34.8 Å². The second kappa shape index (κ2) is 6.60. The Balaban J connectivity index is 1.54. The highest BCUT2D eigenvalue weighted by molar-refractivity contribution is 6.07. The average molecular weight is 330 g/mol. The van der Waals surface area contributed by atoms with Crippen LogP contribution in [0.1, 0.15) is 37.7 Å². The molecule has 2 fully saturated rings. The first-order valence-electron chi connectivity index (χ1n) is 8.27. The first-order valence-corrected chi connectivity index (χ1v) is 8.27. The molecular formula is C17H22N4O3. The van der Waals surface area contributed by atoms with E-state index < -0.39 is 5.54 Å². The second-order valence-corrected chi connectivity index (χ2v) is 6.38. The van der Waals surface area contributed by atoms with E-state index in [0.717, 1.165) is 18.4 Å². The Morgan fingerprint density at radius 3 is 2.50 bits per heavy atom. The molecule has 128 valence electrons. The summed E-state index contributed by atoms with van der Waals surface area (Å²) in [5.74, 6) is -0.423. The Morgan fingerprint density at radius 1 is 1.21 bits per heavy atom. The van der Waals surface area contributed by atoms with Gasteiger partial charge >= 0.3 is 6.03 Å². The molecule has 3 rings (SSSR count). The molecule has 1 heterocycles. The fourth-order valence-corrected chi connectivity index (χ4v) is 3.36. The maximum absolute atomic E-state index is 12.5. The van der Waals surface area contributed by atoms with Crippen molar-refractivity contribution in [3.8, 4) is 0 Å². The number of urea groups is 1. The quantitative estimate of drug-likeness (QED) is 0.709. The molecule has 4 N–H and O–H groups in total. The van der Waals surface area contributed by atoms with E-state index in [0.29, 0.717) is 25.1 Å². The molecule has 1 aromatic carbocycles. The molecule has 1 aliphatic carbocycles. The highest BCUT2D eigenvalue weighted by atomic mass is 16.2. The van der Waals surface area contributed by atoms with Gasteiger partial charge in [0.05, 0.1) is 0 Å². The summed E-state index contributed by atoms with van der Waals surface area (Å²) in [5.41, 5.74) is 6.46. The lowest BCUT2D eigenvalue weighted by Gasteiger charge is -2.19. The zero-order valence-electron chi connectivity index (χ0n) is 13.5. The molecular weight excluding hydrogens is 308 g/mol. The van der Waals surface area contributed by atoms with E-state index in [9.17, 15) is 14.4 Å². The minimum Gasteiger partial charge on any atom is -0.326 e. The number of nitrogens with zero attached hydrogens (tertiary/aromatic N) is 1. The van der Waals surface area contributed by atoms with Crippen molar-refractivity contribution < 1.29 is 14.4 Å². The number of benzene rings is 1. The molecule has 1 aliphatic heterocycles. The van der Waals surface area contributed by atoms with Crippen molar-refractivity contribution in [1.29, 1.82) is 0 Å². The first-order chi connectivity index (χ1) is 11.5. The SMILES string of the molecule is NCc1ccc(NC(=O)CCN2C(=O)NC3(CCCC3)C2=O)cc1. The fraction of sp³-hybridized carbons (Fsp3) is 0.471. The highest BCUT2D eigenvalue weighted by Crippen LogP contribution is 2.35. The molecule has 0 bridgehead atoms. The Bertz CT molecular complexity index is 650. The van der Waals surface area contributed by atoms with Gasteiger partial charge in [0.2, 0.25) is 5.91 Å². The fourth-order valence-electron chi connectivity index (χ4n) is 3.36. The van der Waals surface area contributed by atoms with E-state index in [1.807, 2.05) is 12.1 Å². The zero-order chi connectivity index (χ0) is 17.2. The summed E-state index contributed by atoms with van der Waals surface area (Å²) in [4.78, 5) is 37.7. The van der Waals surface area contributed by atoms with Crippen LogP contribution in [0.3, 0.4) is 0 Å². The van der Waals surface area contributed by atoms with Crippen molar-refractivity contribution in [2.24, 2.45) is 5.73 Å². The Labute approximate surface area is 140 Å². The van der Waals surface area contributed by atoms with E-state index in [2.05, 4.69) is 10.6 Å². The molecule has 2 aliphatic rings. The van der Waals surface area contributed by atoms with Crippen LogP contribution in [0.4, 0.5) is 10.5 Å². The maximum atomic E-state index is 12.5. The van der Waals surface area contributed by atoms with Gasteiger partial charge in [-0.25, -0.2) is 4.79 Å². The molecule has 0 atom stereocenters. The molecule has 24 heavy (non-hydrogen) atoms. The van der Waals surface area contributed by atoms with E-state index in [1.54, 1.807) is 12.1 Å². The van der Waals surface area contributed by atoms with Crippen LogP contribution in [0.15, 0.2) is 24.3 Å². The lowest BCUT2D eigenvalue weighted by molar-refractivity contribution is -0.131. The van der Waals surface area contributed by atoms with Crippen LogP contribution in [0.25, 0.3) is 0 Å². The normalized spacial score (nSPS) is 19.0. The minimum absolute atomic E-state index is 0.0773. The molecule has 0 radical (unpaired) electrons. The summed E-state index contributed by atoms with van der Waals surface area (Å²) < 4.78 is 0. The lowest BCUT2D eigenvalue weighted by Crippen LogP contribution is -2.44. The number of nitrogens with one attached hydrogen (secondary N) is 2. The number of hydrogen-bond acceptors (Lipinski definition) is 4. The van der Waals surface area contributed by atoms with Crippen molar-refractivity contribution >= 4 is 23.5 Å². The monoisotopic (exact) mass is 330 g/mol. The summed E-state index contributed by atoms with van der Waals surface area (Å²) >= 11 is 0. The lowest BCUT2D eigenvalue weighted by atomic mass is 9.98. The zero-order valence-corrected chi connectivity index (χ0v) is 13.5. The van der Waals surface area contributed by atoms with E-state index in [1.165, 1.54) is 4.90 Å². The largest absolute Gasteiger partial charge is 0.326 e. The van der Waals surface area contributed by atoms with Gasteiger partial charge in [0.1, 0.15) is 5.54 Å². The third-order valence-electron chi connectivity index (χ3n) is 4.74. The van der Waals surface area contributed by atoms with Crippen LogP contribution < -0.4 is 16.4 Å². The number of imide groups is 1. The summed E-state index contributed by atoms with van der Waals surface area (Å²) in [7, 11) is 0. The number of carbonyl (C=O) groups is 3. The summed E-state index contributed by atoms with van der Waals surface area (Å²) in [6.07, 6.45) is 3.34. The molecule has 0 unspecified atom stereocenters. The third kappa shape index (κ3) is 3.12. The standard InChI is InChI=1S/C17H22N4O3/c18-11-12-3-5-13(6-4-12)19-14(22)7-10-21-15(23)17(20-16(21)24)8-1-2-9-17/h3-6H,1-2,7-11,18H2,(H,19,22)(H,20,24). The summed E-state index contributed by atoms with van der Waals surface area (Å²) in [6.45, 7) is 0.543. The van der Waals surface area contributed by atoms with Crippen molar-refractivity contribution in [2.75, 3.05) is 11.9 Å². The predicted octanol–water partition coefficient (Wildman–Crippen LogP) is 1.34. The van der Waals surface area contributed by atoms with Gasteiger partial charge in [-0.2, -0.15) is 0 Å². The van der Waals surface area contributed by atoms with E-state index >= 15 is 0 Å². The molecule has 7 nitrogen and oxygen atoms in total. The number of rotatable bonds is 5. The second-order valence-electron chi connectivity index (χ2n) is 6.38. The smallest absolute Gasteiger partial charge is 0.325 e. The number of hydrogen-bond donors (Lipinski definition) is 3. The van der Waals surface area contributed by atoms with Gasteiger partial charge in [-0.1, -0.05) is 25.0 Å². The van der Waals surface area contributed by atoms with Crippen LogP contribution in [-0.2, 0) is 16.1 Å². The molecule has 1 aromatic rings. The van der Waals surface area contributed by atoms with Gasteiger partial charge in [-0.3, -0.25) is 14.5 Å². The molecule has 1 spiro atoms. The van der Waals surface area contributed by atoms with E-state index in [4.69, 9.17) is 5.73 Å². The van der Waals surface area contributed by atoms with Gasteiger partial charge in [0.25, 0.3) is 5.91 Å². The van der Waals surface area contributed by atoms with E-state index in [-0.39, 0.29) is 30.8 Å². The van der Waals surface area contributed by atoms with Gasteiger partial charge in [-0.05, 0) is 30.5 Å². The first kappa shape index (κ1) is 16.4. The molecule has 1 saturated heterocycles. The van der Waals surface area contributed by atoms with Crippen LogP contribution >= 0.6 is 0 Å². The molecule has 7 heteroatoms. The van der Waals surface area contributed by atoms with Crippen LogP contribution in [0, 0.1) is 0 Å². The van der Waals surface area contributed by atoms with Crippen LogP contribution in [0.5, 0.6) is 0 Å². The third-order valence-corrected chi connectivity index (χ3v) is 4.74. The topological polar surface area (TPSA) is 105 Å². The number of amides is 4. The molecule has 1 saturated carbocycles. The predicted molar refractivity (Wildman–Crippen MR) is 89.0 cm³/mol. The minimum atomic E-state index is -0.717. The number of anilines is 1. The average Bonchev–Trinajstić information content (AvgIpc) is 3.13. The maximum Gasteiger partial charge on any atom is 0.325 e. The van der Waals surface area contributed by atoms with Gasteiger partial charge < -0.3 is 16.4 Å². The van der Waals surface area contributed by atoms with Crippen molar-refractivity contribution in [3.63, 3.8) is 0 Å². The van der Waals surface area contributed by atoms with Crippen molar-refractivity contribution in [3.05, 3.63) is 29.8 Å². The van der Waals surface area contributed by atoms with Crippen molar-refractivity contribution in [2.45, 2.75) is 44.2 Å². The highest BCUT2D eigenvalue weighted by Gasteiger charge is 2.52. The van der Waals surface area contributed by atoms with Crippen molar-refractivity contribution in [1.82, 2.24) is 10.2 Å². The summed E-state index contributed by atoms with van der Waals surface area (Å²) in [6, 6.07) is 6.86. The number of carbonyl (C=O) groups excluding carboxylic acids is 3. The summed E-state index contributed by atoms with van der Waals surface area (Å²) in [5, 5.41) is 5.57. The Hall–Kier alpha value is -2.41. The van der Waals surface area contributed by atoms with Crippen LogP contribution in [0.2, 0.25) is 0 Å². The van der Waals surface area contributed by atoms with Gasteiger partial charge in [0, 0.05) is 25.2 Å². The molecule has 4 amide bonds.